The minimum Gasteiger partial charge on any atom is -0.294 e. The molecule has 0 unspecified atom stereocenters. The number of hydrogen-bond donors (Lipinski definition) is 1. The number of para-hydroxylation sites is 1. The number of carbonyl (C=O) groups excluding carboxylic acids is 1. The second kappa shape index (κ2) is 8.90. The fourth-order valence-corrected chi connectivity index (χ4v) is 5.64. The molecule has 1 aromatic heterocycles. The number of fused-ring (bicyclic) bond motifs is 1. The zero-order valence-corrected chi connectivity index (χ0v) is 18.6. The van der Waals surface area contributed by atoms with Gasteiger partial charge < -0.3 is 0 Å². The molecule has 4 rings (SSSR count). The second-order valence-corrected chi connectivity index (χ2v) is 9.91. The van der Waals surface area contributed by atoms with Gasteiger partial charge in [0, 0.05) is 22.9 Å². The highest BCUT2D eigenvalue weighted by Crippen LogP contribution is 2.39. The van der Waals surface area contributed by atoms with E-state index < -0.39 is 62.5 Å². The van der Waals surface area contributed by atoms with Crippen LogP contribution in [0.5, 0.6) is 0 Å². The van der Waals surface area contributed by atoms with E-state index in [4.69, 9.17) is 0 Å². The van der Waals surface area contributed by atoms with Gasteiger partial charge in [-0.25, -0.2) is 18.1 Å². The molecule has 5 nitrogen and oxygen atoms in total. The van der Waals surface area contributed by atoms with Gasteiger partial charge >= 0.3 is 12.4 Å². The first-order valence-corrected chi connectivity index (χ1v) is 12.0. The van der Waals surface area contributed by atoms with Gasteiger partial charge in [0.25, 0.3) is 0 Å². The molecular weight excluding hydrogens is 498 g/mol. The molecule has 1 N–H and O–H groups in total. The van der Waals surface area contributed by atoms with Crippen LogP contribution in [0.1, 0.15) is 40.9 Å². The van der Waals surface area contributed by atoms with Crippen molar-refractivity contribution in [1.82, 2.24) is 9.71 Å². The minimum absolute atomic E-state index is 0.0540. The summed E-state index contributed by atoms with van der Waals surface area (Å²) in [5, 5.41) is -0.380. The molecular formula is C23H18F6N2O3S. The summed E-state index contributed by atoms with van der Waals surface area (Å²) >= 11 is 0. The zero-order chi connectivity index (χ0) is 25.6. The largest absolute Gasteiger partial charge is 0.433 e. The van der Waals surface area contributed by atoms with Gasteiger partial charge in [-0.15, -0.1) is 0 Å². The Hall–Kier alpha value is -2.99. The highest BCUT2D eigenvalue weighted by Gasteiger charge is 2.41. The first kappa shape index (κ1) is 25.1. The average molecular weight is 516 g/mol. The van der Waals surface area contributed by atoms with E-state index in [1.54, 1.807) is 6.07 Å². The van der Waals surface area contributed by atoms with Crippen molar-refractivity contribution in [3.8, 4) is 0 Å². The molecule has 0 bridgehead atoms. The Morgan fingerprint density at radius 3 is 2.23 bits per heavy atom. The summed E-state index contributed by atoms with van der Waals surface area (Å²) in [6.45, 7) is 0. The number of nitrogens with one attached hydrogen (secondary N) is 1. The van der Waals surface area contributed by atoms with Crippen molar-refractivity contribution in [2.75, 3.05) is 0 Å². The fraction of sp³-hybridized carbons (Fsp3) is 0.304. The van der Waals surface area contributed by atoms with Crippen LogP contribution in [0.4, 0.5) is 26.3 Å². The first-order valence-electron chi connectivity index (χ1n) is 10.5. The van der Waals surface area contributed by atoms with Crippen molar-refractivity contribution in [2.24, 2.45) is 5.92 Å². The van der Waals surface area contributed by atoms with Crippen molar-refractivity contribution in [1.29, 1.82) is 0 Å². The topological polar surface area (TPSA) is 76.1 Å². The lowest BCUT2D eigenvalue weighted by Gasteiger charge is -2.22. The number of ketones is 1. The Labute approximate surface area is 196 Å². The van der Waals surface area contributed by atoms with Crippen LogP contribution in [0.3, 0.4) is 0 Å². The maximum Gasteiger partial charge on any atom is 0.433 e. The normalized spacial score (nSPS) is 19.3. The van der Waals surface area contributed by atoms with Gasteiger partial charge in [-0.3, -0.25) is 4.79 Å². The predicted molar refractivity (Wildman–Crippen MR) is 114 cm³/mol. The van der Waals surface area contributed by atoms with Gasteiger partial charge in [-0.1, -0.05) is 36.8 Å². The number of aromatic nitrogens is 1. The molecule has 0 radical (unpaired) electrons. The number of sulfonamides is 1. The number of nitrogens with zero attached hydrogens (tertiary/aromatic N) is 1. The lowest BCUT2D eigenvalue weighted by Crippen LogP contribution is -2.40. The number of rotatable bonds is 5. The lowest BCUT2D eigenvalue weighted by atomic mass is 9.90. The Morgan fingerprint density at radius 2 is 1.60 bits per heavy atom. The summed E-state index contributed by atoms with van der Waals surface area (Å²) < 4.78 is 109. The van der Waals surface area contributed by atoms with Crippen molar-refractivity contribution in [3.05, 3.63) is 71.4 Å². The molecule has 186 valence electrons. The number of pyridine rings is 1. The first-order chi connectivity index (χ1) is 16.3. The SMILES string of the molecule is O=C(c1cc(C(F)(F)F)nc2c(C(F)(F)F)cccc12)[C@@H]1CCC[C@@H]1NS(=O)(=O)c1ccccc1. The Balaban J connectivity index is 1.79. The number of Topliss-reactive ketones (excluding diaryl/α,β-unsaturated/α-hetero) is 1. The van der Waals surface area contributed by atoms with E-state index in [1.165, 1.54) is 24.3 Å². The van der Waals surface area contributed by atoms with Gasteiger partial charge in [0.2, 0.25) is 10.0 Å². The molecule has 1 saturated carbocycles. The third-order valence-electron chi connectivity index (χ3n) is 5.91. The van der Waals surface area contributed by atoms with Crippen molar-refractivity contribution in [2.45, 2.75) is 42.6 Å². The van der Waals surface area contributed by atoms with Gasteiger partial charge in [0.15, 0.2) is 5.78 Å². The van der Waals surface area contributed by atoms with E-state index in [0.29, 0.717) is 18.6 Å². The molecule has 0 spiro atoms. The number of hydrogen-bond acceptors (Lipinski definition) is 4. The Morgan fingerprint density at radius 1 is 0.914 bits per heavy atom. The fourth-order valence-electron chi connectivity index (χ4n) is 4.31. The summed E-state index contributed by atoms with van der Waals surface area (Å²) in [6, 6.07) is 9.50. The van der Waals surface area contributed by atoms with E-state index in [9.17, 15) is 39.6 Å². The molecule has 12 heteroatoms. The van der Waals surface area contributed by atoms with Gasteiger partial charge in [-0.2, -0.15) is 26.3 Å². The highest BCUT2D eigenvalue weighted by atomic mass is 32.2. The van der Waals surface area contributed by atoms with Gasteiger partial charge in [0.05, 0.1) is 16.0 Å². The van der Waals surface area contributed by atoms with Crippen LogP contribution < -0.4 is 4.72 Å². The summed E-state index contributed by atoms with van der Waals surface area (Å²) in [6.07, 6.45) is -9.30. The smallest absolute Gasteiger partial charge is 0.294 e. The summed E-state index contributed by atoms with van der Waals surface area (Å²) in [5.74, 6) is -1.94. The summed E-state index contributed by atoms with van der Waals surface area (Å²) in [7, 11) is -4.04. The molecule has 0 saturated heterocycles. The number of halogens is 6. The standard InChI is InChI=1S/C23H18F6N2O3S/c24-22(25,26)17-10-4-8-14-16(12-19(23(27,28)29)30-20(14)17)21(32)15-9-5-11-18(15)31-35(33,34)13-6-2-1-3-7-13/h1-4,6-8,10,12,15,18,31H,5,9,11H2/t15-,18+/m1/s1. The quantitative estimate of drug-likeness (QED) is 0.354. The van der Waals surface area contributed by atoms with Crippen molar-refractivity contribution >= 4 is 26.7 Å². The van der Waals surface area contributed by atoms with E-state index >= 15 is 0 Å². The van der Waals surface area contributed by atoms with E-state index in [2.05, 4.69) is 9.71 Å². The van der Waals surface area contributed by atoms with Crippen LogP contribution in [0, 0.1) is 5.92 Å². The molecule has 1 heterocycles. The number of carbonyl (C=O) groups is 1. The highest BCUT2D eigenvalue weighted by molar-refractivity contribution is 7.89. The molecule has 1 fully saturated rings. The van der Waals surface area contributed by atoms with Crippen molar-refractivity contribution in [3.63, 3.8) is 0 Å². The summed E-state index contributed by atoms with van der Waals surface area (Å²) in [4.78, 5) is 16.6. The zero-order valence-electron chi connectivity index (χ0n) is 17.8. The summed E-state index contributed by atoms with van der Waals surface area (Å²) in [5.41, 5.74) is -4.60. The van der Waals surface area contributed by atoms with E-state index in [-0.39, 0.29) is 23.1 Å². The molecule has 2 aromatic carbocycles. The van der Waals surface area contributed by atoms with Crippen molar-refractivity contribution < 1.29 is 39.6 Å². The Bertz CT molecular complexity index is 1370. The molecule has 1 aliphatic rings. The molecule has 35 heavy (non-hydrogen) atoms. The third-order valence-corrected chi connectivity index (χ3v) is 7.42. The van der Waals surface area contributed by atoms with Crippen LogP contribution >= 0.6 is 0 Å². The van der Waals surface area contributed by atoms with Crippen LogP contribution in [0.15, 0.2) is 59.5 Å². The molecule has 3 aromatic rings. The minimum atomic E-state index is -5.11. The van der Waals surface area contributed by atoms with Crippen LogP contribution in [0.25, 0.3) is 10.9 Å². The van der Waals surface area contributed by atoms with Crippen LogP contribution in [-0.4, -0.2) is 25.2 Å². The Kier molecular flexibility index (Phi) is 6.39. The molecule has 0 aliphatic heterocycles. The van der Waals surface area contributed by atoms with E-state index in [0.717, 1.165) is 12.1 Å². The third kappa shape index (κ3) is 5.03. The van der Waals surface area contributed by atoms with E-state index in [1.807, 2.05) is 0 Å². The molecule has 2 atom stereocenters. The maximum absolute atomic E-state index is 13.5. The predicted octanol–water partition coefficient (Wildman–Crippen LogP) is 5.60. The van der Waals surface area contributed by atoms with Gasteiger partial charge in [0.1, 0.15) is 5.69 Å². The second-order valence-electron chi connectivity index (χ2n) is 8.19. The number of benzene rings is 2. The van der Waals surface area contributed by atoms with Gasteiger partial charge in [-0.05, 0) is 37.1 Å². The molecule has 0 amide bonds. The lowest BCUT2D eigenvalue weighted by molar-refractivity contribution is -0.142. The monoisotopic (exact) mass is 516 g/mol. The number of alkyl halides is 6. The molecule has 1 aliphatic carbocycles. The maximum atomic E-state index is 13.5. The average Bonchev–Trinajstić information content (AvgIpc) is 3.24. The van der Waals surface area contributed by atoms with Crippen LogP contribution in [-0.2, 0) is 22.4 Å². The van der Waals surface area contributed by atoms with Crippen LogP contribution in [0.2, 0.25) is 0 Å².